The number of carbonyl (C=O) groups excluding carboxylic acids is 1. The number of hydrogen-bond donors (Lipinski definition) is 1. The maximum Gasteiger partial charge on any atom is 0.225 e. The predicted molar refractivity (Wildman–Crippen MR) is 85.8 cm³/mol. The third kappa shape index (κ3) is 4.13. The summed E-state index contributed by atoms with van der Waals surface area (Å²) in [5.74, 6) is 1.54. The molecule has 116 valence electrons. The van der Waals surface area contributed by atoms with Gasteiger partial charge < -0.3 is 15.0 Å². The van der Waals surface area contributed by atoms with Crippen LogP contribution in [-0.2, 0) is 4.79 Å². The van der Waals surface area contributed by atoms with Crippen molar-refractivity contribution in [3.05, 3.63) is 24.3 Å². The lowest BCUT2D eigenvalue weighted by atomic mass is 9.95. The smallest absolute Gasteiger partial charge is 0.225 e. The minimum atomic E-state index is -0.311. The van der Waals surface area contributed by atoms with E-state index in [0.29, 0.717) is 5.92 Å². The number of amides is 1. The van der Waals surface area contributed by atoms with Crippen LogP contribution in [-0.4, -0.2) is 32.7 Å². The summed E-state index contributed by atoms with van der Waals surface area (Å²) in [6, 6.07) is 8.16. The summed E-state index contributed by atoms with van der Waals surface area (Å²) in [6.07, 6.45) is 1.12. The average molecular weight is 290 g/mol. The summed E-state index contributed by atoms with van der Waals surface area (Å²) >= 11 is 0. The van der Waals surface area contributed by atoms with Gasteiger partial charge in [-0.2, -0.15) is 0 Å². The number of methoxy groups -OCH3 is 1. The van der Waals surface area contributed by atoms with Crippen molar-refractivity contribution in [1.82, 2.24) is 5.32 Å². The Balaban J connectivity index is 1.84. The van der Waals surface area contributed by atoms with Gasteiger partial charge >= 0.3 is 0 Å². The number of carbonyl (C=O) groups is 1. The van der Waals surface area contributed by atoms with Gasteiger partial charge in [0.05, 0.1) is 7.11 Å². The van der Waals surface area contributed by atoms with Gasteiger partial charge in [0.1, 0.15) is 5.75 Å². The molecule has 21 heavy (non-hydrogen) atoms. The molecule has 1 aliphatic rings. The van der Waals surface area contributed by atoms with Crippen molar-refractivity contribution < 1.29 is 9.53 Å². The van der Waals surface area contributed by atoms with Gasteiger partial charge in [0.15, 0.2) is 0 Å². The minimum Gasteiger partial charge on any atom is -0.497 e. The molecule has 1 N–H and O–H groups in total. The third-order valence-corrected chi connectivity index (χ3v) is 3.96. The second-order valence-electron chi connectivity index (χ2n) is 6.76. The SMILES string of the molecule is COc1ccc(N2CCC(CNC(=O)C(C)(C)C)C2)cc1. The zero-order chi connectivity index (χ0) is 15.5. The van der Waals surface area contributed by atoms with Crippen LogP contribution in [0.4, 0.5) is 5.69 Å². The molecule has 0 aliphatic carbocycles. The van der Waals surface area contributed by atoms with Crippen LogP contribution in [0, 0.1) is 11.3 Å². The molecule has 4 heteroatoms. The first-order valence-electron chi connectivity index (χ1n) is 7.57. The summed E-state index contributed by atoms with van der Waals surface area (Å²) in [6.45, 7) is 8.64. The Bertz CT molecular complexity index is 477. The van der Waals surface area contributed by atoms with Crippen molar-refractivity contribution >= 4 is 11.6 Å². The predicted octanol–water partition coefficient (Wildman–Crippen LogP) is 2.68. The number of nitrogens with one attached hydrogen (secondary N) is 1. The van der Waals surface area contributed by atoms with Crippen molar-refractivity contribution in [3.8, 4) is 5.75 Å². The van der Waals surface area contributed by atoms with Gasteiger partial charge in [-0.05, 0) is 36.6 Å². The standard InChI is InChI=1S/C17H26N2O2/c1-17(2,3)16(20)18-11-13-9-10-19(12-13)14-5-7-15(21-4)8-6-14/h5-8,13H,9-12H2,1-4H3,(H,18,20). The van der Waals surface area contributed by atoms with Gasteiger partial charge in [0.25, 0.3) is 0 Å². The highest BCUT2D eigenvalue weighted by atomic mass is 16.5. The van der Waals surface area contributed by atoms with Gasteiger partial charge in [0.2, 0.25) is 5.91 Å². The first-order valence-corrected chi connectivity index (χ1v) is 7.57. The lowest BCUT2D eigenvalue weighted by molar-refractivity contribution is -0.128. The van der Waals surface area contributed by atoms with Gasteiger partial charge in [-0.3, -0.25) is 4.79 Å². The fourth-order valence-electron chi connectivity index (χ4n) is 2.53. The van der Waals surface area contributed by atoms with Crippen molar-refractivity contribution in [2.75, 3.05) is 31.6 Å². The van der Waals surface area contributed by atoms with Gasteiger partial charge in [-0.25, -0.2) is 0 Å². The first-order chi connectivity index (χ1) is 9.90. The Morgan fingerprint density at radius 3 is 2.57 bits per heavy atom. The van der Waals surface area contributed by atoms with Crippen molar-refractivity contribution in [3.63, 3.8) is 0 Å². The molecule has 0 spiro atoms. The zero-order valence-corrected chi connectivity index (χ0v) is 13.5. The highest BCUT2D eigenvalue weighted by Crippen LogP contribution is 2.25. The fraction of sp³-hybridized carbons (Fsp3) is 0.588. The number of hydrogen-bond acceptors (Lipinski definition) is 3. The summed E-state index contributed by atoms with van der Waals surface area (Å²) < 4.78 is 5.18. The maximum atomic E-state index is 11.9. The fourth-order valence-corrected chi connectivity index (χ4v) is 2.53. The molecule has 1 amide bonds. The molecule has 1 aromatic carbocycles. The molecule has 1 heterocycles. The van der Waals surface area contributed by atoms with Gasteiger partial charge in [0, 0.05) is 30.7 Å². The number of nitrogens with zero attached hydrogens (tertiary/aromatic N) is 1. The van der Waals surface area contributed by atoms with E-state index >= 15 is 0 Å². The molecule has 1 atom stereocenters. The molecule has 1 unspecified atom stereocenters. The van der Waals surface area contributed by atoms with Crippen molar-refractivity contribution in [1.29, 1.82) is 0 Å². The highest BCUT2D eigenvalue weighted by Gasteiger charge is 2.26. The van der Waals surface area contributed by atoms with Crippen molar-refractivity contribution in [2.45, 2.75) is 27.2 Å². The van der Waals surface area contributed by atoms with E-state index < -0.39 is 0 Å². The van der Waals surface area contributed by atoms with Gasteiger partial charge in [-0.15, -0.1) is 0 Å². The van der Waals surface area contributed by atoms with Crippen LogP contribution in [0.25, 0.3) is 0 Å². The molecule has 1 aliphatic heterocycles. The molecule has 2 rings (SSSR count). The lowest BCUT2D eigenvalue weighted by Crippen LogP contribution is -2.38. The van der Waals surface area contributed by atoms with Crippen LogP contribution in [0.2, 0.25) is 0 Å². The normalized spacial score (nSPS) is 18.7. The molecule has 0 saturated carbocycles. The highest BCUT2D eigenvalue weighted by molar-refractivity contribution is 5.81. The molecule has 0 bridgehead atoms. The molecule has 1 saturated heterocycles. The zero-order valence-electron chi connectivity index (χ0n) is 13.5. The van der Waals surface area contributed by atoms with E-state index in [9.17, 15) is 4.79 Å². The summed E-state index contributed by atoms with van der Waals surface area (Å²) in [5, 5.41) is 3.07. The van der Waals surface area contributed by atoms with Crippen LogP contribution >= 0.6 is 0 Å². The van der Waals surface area contributed by atoms with E-state index in [1.165, 1.54) is 5.69 Å². The quantitative estimate of drug-likeness (QED) is 0.927. The van der Waals surface area contributed by atoms with Crippen LogP contribution in [0.15, 0.2) is 24.3 Å². The Morgan fingerprint density at radius 1 is 1.33 bits per heavy atom. The van der Waals surface area contributed by atoms with E-state index in [1.54, 1.807) is 7.11 Å². The molecule has 0 radical (unpaired) electrons. The largest absolute Gasteiger partial charge is 0.497 e. The van der Waals surface area contributed by atoms with E-state index in [2.05, 4.69) is 22.3 Å². The topological polar surface area (TPSA) is 41.6 Å². The maximum absolute atomic E-state index is 11.9. The molecular weight excluding hydrogens is 264 g/mol. The van der Waals surface area contributed by atoms with Gasteiger partial charge in [-0.1, -0.05) is 20.8 Å². The van der Waals surface area contributed by atoms with E-state index in [4.69, 9.17) is 4.74 Å². The second-order valence-corrected chi connectivity index (χ2v) is 6.76. The number of benzene rings is 1. The average Bonchev–Trinajstić information content (AvgIpc) is 2.92. The summed E-state index contributed by atoms with van der Waals surface area (Å²) in [5.41, 5.74) is 0.911. The van der Waals surface area contributed by atoms with E-state index in [1.807, 2.05) is 32.9 Å². The number of rotatable bonds is 4. The van der Waals surface area contributed by atoms with E-state index in [0.717, 1.165) is 31.8 Å². The molecule has 1 fully saturated rings. The Kier molecular flexibility index (Phi) is 4.76. The molecule has 1 aromatic rings. The molecule has 4 nitrogen and oxygen atoms in total. The Labute approximate surface area is 127 Å². The number of ether oxygens (including phenoxy) is 1. The van der Waals surface area contributed by atoms with Crippen molar-refractivity contribution in [2.24, 2.45) is 11.3 Å². The van der Waals surface area contributed by atoms with Crippen LogP contribution in [0.1, 0.15) is 27.2 Å². The molecule has 0 aromatic heterocycles. The van der Waals surface area contributed by atoms with Crippen LogP contribution in [0.3, 0.4) is 0 Å². The Morgan fingerprint density at radius 2 is 2.00 bits per heavy atom. The minimum absolute atomic E-state index is 0.130. The van der Waals surface area contributed by atoms with Crippen LogP contribution < -0.4 is 15.0 Å². The van der Waals surface area contributed by atoms with E-state index in [-0.39, 0.29) is 11.3 Å². The first kappa shape index (κ1) is 15.7. The van der Waals surface area contributed by atoms with Crippen LogP contribution in [0.5, 0.6) is 5.75 Å². The molecular formula is C17H26N2O2. The Hall–Kier alpha value is -1.71. The number of anilines is 1. The lowest BCUT2D eigenvalue weighted by Gasteiger charge is -2.21. The third-order valence-electron chi connectivity index (χ3n) is 3.96. The summed E-state index contributed by atoms with van der Waals surface area (Å²) in [4.78, 5) is 14.3. The summed E-state index contributed by atoms with van der Waals surface area (Å²) in [7, 11) is 1.68. The monoisotopic (exact) mass is 290 g/mol. The second kappa shape index (κ2) is 6.37.